The number of benzene rings is 1. The van der Waals surface area contributed by atoms with Crippen LogP contribution in [0.5, 0.6) is 5.75 Å². The fourth-order valence-electron chi connectivity index (χ4n) is 2.11. The molecule has 0 aliphatic heterocycles. The molecule has 4 N–H and O–H groups in total. The summed E-state index contributed by atoms with van der Waals surface area (Å²) in [5.74, 6) is 0.975. The SMILES string of the molecule is COc1cc(-c2ncc(Nc3cc(C)[nH]n3)nc2N)ccc1F. The highest BCUT2D eigenvalue weighted by Gasteiger charge is 2.11. The van der Waals surface area contributed by atoms with E-state index >= 15 is 0 Å². The maximum absolute atomic E-state index is 13.5. The lowest BCUT2D eigenvalue weighted by Gasteiger charge is -2.09. The van der Waals surface area contributed by atoms with Crippen molar-refractivity contribution in [2.24, 2.45) is 0 Å². The van der Waals surface area contributed by atoms with Gasteiger partial charge in [0.25, 0.3) is 0 Å². The zero-order chi connectivity index (χ0) is 16.4. The van der Waals surface area contributed by atoms with E-state index in [1.54, 1.807) is 6.07 Å². The third-order valence-corrected chi connectivity index (χ3v) is 3.19. The van der Waals surface area contributed by atoms with Crippen LogP contribution in [0.4, 0.5) is 21.8 Å². The molecule has 2 aromatic heterocycles. The van der Waals surface area contributed by atoms with Gasteiger partial charge in [0.2, 0.25) is 0 Å². The summed E-state index contributed by atoms with van der Waals surface area (Å²) >= 11 is 0. The Labute approximate surface area is 131 Å². The standard InChI is InChI=1S/C15H15FN6O/c1-8-5-12(22-21-8)19-13-7-18-14(15(17)20-13)9-3-4-10(16)11(6-9)23-2/h3-7H,1-2H3,(H4,17,19,20,21,22). The number of halogens is 1. The smallest absolute Gasteiger partial charge is 0.165 e. The van der Waals surface area contributed by atoms with Gasteiger partial charge in [-0.05, 0) is 25.1 Å². The molecule has 0 unspecified atom stereocenters. The van der Waals surface area contributed by atoms with Gasteiger partial charge in [0.05, 0.1) is 13.3 Å². The lowest BCUT2D eigenvalue weighted by molar-refractivity contribution is 0.387. The molecule has 3 aromatic rings. The molecule has 118 valence electrons. The maximum Gasteiger partial charge on any atom is 0.165 e. The van der Waals surface area contributed by atoms with Crippen LogP contribution in [0.2, 0.25) is 0 Å². The van der Waals surface area contributed by atoms with Crippen molar-refractivity contribution >= 4 is 17.5 Å². The normalized spacial score (nSPS) is 10.6. The number of hydrogen-bond acceptors (Lipinski definition) is 6. The molecule has 0 aliphatic rings. The lowest BCUT2D eigenvalue weighted by Crippen LogP contribution is -2.02. The minimum Gasteiger partial charge on any atom is -0.494 e. The topological polar surface area (TPSA) is 102 Å². The number of aryl methyl sites for hydroxylation is 1. The van der Waals surface area contributed by atoms with E-state index < -0.39 is 5.82 Å². The van der Waals surface area contributed by atoms with Crippen LogP contribution < -0.4 is 15.8 Å². The van der Waals surface area contributed by atoms with E-state index in [1.807, 2.05) is 13.0 Å². The van der Waals surface area contributed by atoms with Gasteiger partial charge in [0.15, 0.2) is 29.0 Å². The molecule has 0 aliphatic carbocycles. The van der Waals surface area contributed by atoms with Crippen molar-refractivity contribution in [3.05, 3.63) is 42.0 Å². The van der Waals surface area contributed by atoms with Crippen molar-refractivity contribution in [1.82, 2.24) is 20.2 Å². The first kappa shape index (κ1) is 14.8. The molecule has 0 spiro atoms. The van der Waals surface area contributed by atoms with Gasteiger partial charge >= 0.3 is 0 Å². The Morgan fingerprint density at radius 3 is 2.74 bits per heavy atom. The Bertz CT molecular complexity index is 848. The van der Waals surface area contributed by atoms with Crippen molar-refractivity contribution in [3.63, 3.8) is 0 Å². The zero-order valence-corrected chi connectivity index (χ0v) is 12.6. The second-order valence-corrected chi connectivity index (χ2v) is 4.90. The second-order valence-electron chi connectivity index (χ2n) is 4.90. The number of methoxy groups -OCH3 is 1. The molecule has 0 fully saturated rings. The quantitative estimate of drug-likeness (QED) is 0.684. The summed E-state index contributed by atoms with van der Waals surface area (Å²) in [5.41, 5.74) is 7.96. The summed E-state index contributed by atoms with van der Waals surface area (Å²) in [7, 11) is 1.40. The van der Waals surface area contributed by atoms with Gasteiger partial charge in [-0.1, -0.05) is 0 Å². The number of nitrogens with one attached hydrogen (secondary N) is 2. The van der Waals surface area contributed by atoms with E-state index in [4.69, 9.17) is 10.5 Å². The van der Waals surface area contributed by atoms with E-state index in [0.29, 0.717) is 22.9 Å². The highest BCUT2D eigenvalue weighted by Crippen LogP contribution is 2.28. The summed E-state index contributed by atoms with van der Waals surface area (Å²) < 4.78 is 18.4. The number of nitrogen functional groups attached to an aromatic ring is 1. The first-order chi connectivity index (χ1) is 11.1. The zero-order valence-electron chi connectivity index (χ0n) is 12.6. The molecule has 0 saturated carbocycles. The van der Waals surface area contributed by atoms with Crippen LogP contribution in [0, 0.1) is 12.7 Å². The molecule has 0 bridgehead atoms. The molecule has 0 amide bonds. The maximum atomic E-state index is 13.5. The van der Waals surface area contributed by atoms with Crippen LogP contribution >= 0.6 is 0 Å². The average Bonchev–Trinajstić information content (AvgIpc) is 2.93. The van der Waals surface area contributed by atoms with Crippen molar-refractivity contribution in [3.8, 4) is 17.0 Å². The summed E-state index contributed by atoms with van der Waals surface area (Å²) in [6.07, 6.45) is 1.53. The number of H-pyrrole nitrogens is 1. The lowest BCUT2D eigenvalue weighted by atomic mass is 10.1. The van der Waals surface area contributed by atoms with Crippen molar-refractivity contribution in [2.75, 3.05) is 18.2 Å². The predicted octanol–water partition coefficient (Wildman–Crippen LogP) is 2.65. The molecule has 0 saturated heterocycles. The van der Waals surface area contributed by atoms with Gasteiger partial charge < -0.3 is 15.8 Å². The van der Waals surface area contributed by atoms with E-state index in [2.05, 4.69) is 25.5 Å². The van der Waals surface area contributed by atoms with Crippen LogP contribution in [-0.4, -0.2) is 27.3 Å². The first-order valence-corrected chi connectivity index (χ1v) is 6.82. The molecule has 7 nitrogen and oxygen atoms in total. The van der Waals surface area contributed by atoms with E-state index in [0.717, 1.165) is 5.69 Å². The number of aromatic nitrogens is 4. The summed E-state index contributed by atoms with van der Waals surface area (Å²) in [6, 6.07) is 6.23. The van der Waals surface area contributed by atoms with Crippen LogP contribution in [0.3, 0.4) is 0 Å². The van der Waals surface area contributed by atoms with Gasteiger partial charge in [-0.3, -0.25) is 5.10 Å². The number of nitrogens with zero attached hydrogens (tertiary/aromatic N) is 3. The molecule has 2 heterocycles. The van der Waals surface area contributed by atoms with Crippen LogP contribution in [-0.2, 0) is 0 Å². The Morgan fingerprint density at radius 2 is 2.09 bits per heavy atom. The molecular weight excluding hydrogens is 299 g/mol. The highest BCUT2D eigenvalue weighted by molar-refractivity contribution is 5.72. The Hall–Kier alpha value is -3.16. The third kappa shape index (κ3) is 3.05. The molecule has 1 aromatic carbocycles. The van der Waals surface area contributed by atoms with Crippen molar-refractivity contribution < 1.29 is 9.13 Å². The molecule has 0 atom stereocenters. The average molecular weight is 314 g/mol. The predicted molar refractivity (Wildman–Crippen MR) is 85.0 cm³/mol. The molecular formula is C15H15FN6O. The third-order valence-electron chi connectivity index (χ3n) is 3.19. The Morgan fingerprint density at radius 1 is 1.26 bits per heavy atom. The molecule has 3 rings (SSSR count). The Kier molecular flexibility index (Phi) is 3.80. The minimum absolute atomic E-state index is 0.123. The molecule has 0 radical (unpaired) electrons. The monoisotopic (exact) mass is 314 g/mol. The van der Waals surface area contributed by atoms with Crippen LogP contribution in [0.15, 0.2) is 30.5 Å². The van der Waals surface area contributed by atoms with E-state index in [9.17, 15) is 4.39 Å². The number of nitrogens with two attached hydrogens (primary N) is 1. The van der Waals surface area contributed by atoms with Crippen LogP contribution in [0.1, 0.15) is 5.69 Å². The fraction of sp³-hybridized carbons (Fsp3) is 0.133. The number of rotatable bonds is 4. The van der Waals surface area contributed by atoms with Crippen molar-refractivity contribution in [1.29, 1.82) is 0 Å². The van der Waals surface area contributed by atoms with Crippen LogP contribution in [0.25, 0.3) is 11.3 Å². The number of aromatic amines is 1. The van der Waals surface area contributed by atoms with E-state index in [1.165, 1.54) is 25.4 Å². The van der Waals surface area contributed by atoms with Gasteiger partial charge in [-0.25, -0.2) is 14.4 Å². The summed E-state index contributed by atoms with van der Waals surface area (Å²) in [5, 5.41) is 9.86. The van der Waals surface area contributed by atoms with Crippen molar-refractivity contribution in [2.45, 2.75) is 6.92 Å². The molecule has 8 heteroatoms. The first-order valence-electron chi connectivity index (χ1n) is 6.82. The number of hydrogen-bond donors (Lipinski definition) is 3. The second kappa shape index (κ2) is 5.91. The van der Waals surface area contributed by atoms with Gasteiger partial charge in [0, 0.05) is 17.3 Å². The largest absolute Gasteiger partial charge is 0.494 e. The summed E-state index contributed by atoms with van der Waals surface area (Å²) in [4.78, 5) is 8.54. The van der Waals surface area contributed by atoms with E-state index in [-0.39, 0.29) is 11.6 Å². The van der Waals surface area contributed by atoms with Gasteiger partial charge in [-0.2, -0.15) is 5.10 Å². The highest BCUT2D eigenvalue weighted by atomic mass is 19.1. The Balaban J connectivity index is 1.90. The fourth-order valence-corrected chi connectivity index (χ4v) is 2.11. The summed E-state index contributed by atoms with van der Waals surface area (Å²) in [6.45, 7) is 1.89. The number of anilines is 3. The molecule has 23 heavy (non-hydrogen) atoms. The van der Waals surface area contributed by atoms with Gasteiger partial charge in [0.1, 0.15) is 5.69 Å². The number of ether oxygens (including phenoxy) is 1. The minimum atomic E-state index is -0.449. The van der Waals surface area contributed by atoms with Gasteiger partial charge in [-0.15, -0.1) is 0 Å².